The smallest absolute Gasteiger partial charge is 0.145 e. The molecule has 0 saturated carbocycles. The van der Waals surface area contributed by atoms with Crippen LogP contribution in [0.3, 0.4) is 0 Å². The van der Waals surface area contributed by atoms with E-state index in [2.05, 4.69) is 16.4 Å². The quantitative estimate of drug-likeness (QED) is 0.769. The third-order valence-electron chi connectivity index (χ3n) is 3.91. The van der Waals surface area contributed by atoms with Crippen LogP contribution in [0.15, 0.2) is 30.3 Å². The number of pyridine rings is 1. The first kappa shape index (κ1) is 15.7. The summed E-state index contributed by atoms with van der Waals surface area (Å²) in [5.41, 5.74) is 1.66. The molecule has 2 aromatic rings. The van der Waals surface area contributed by atoms with Crippen molar-refractivity contribution in [2.24, 2.45) is 0 Å². The highest BCUT2D eigenvalue weighted by atomic mass is 16.5. The minimum Gasteiger partial charge on any atom is -0.491 e. The number of aliphatic hydroxyl groups excluding tert-OH is 1. The SMILES string of the molecule is CNC(C)(CO)CCCOc1cccc2ccc(C)nc12. The maximum absolute atomic E-state index is 9.36. The van der Waals surface area contributed by atoms with Gasteiger partial charge in [0, 0.05) is 16.6 Å². The van der Waals surface area contributed by atoms with Gasteiger partial charge in [0.25, 0.3) is 0 Å². The summed E-state index contributed by atoms with van der Waals surface area (Å²) in [6.45, 7) is 4.73. The number of hydrogen-bond donors (Lipinski definition) is 2. The van der Waals surface area contributed by atoms with Crippen LogP contribution >= 0.6 is 0 Å². The Morgan fingerprint density at radius 3 is 2.81 bits per heavy atom. The van der Waals surface area contributed by atoms with E-state index in [0.717, 1.165) is 35.2 Å². The fraction of sp³-hybridized carbons (Fsp3) is 0.471. The molecule has 4 nitrogen and oxygen atoms in total. The number of benzene rings is 1. The number of hydrogen-bond acceptors (Lipinski definition) is 4. The number of fused-ring (bicyclic) bond motifs is 1. The third kappa shape index (κ3) is 3.93. The molecule has 0 bridgehead atoms. The van der Waals surface area contributed by atoms with Crippen LogP contribution in [-0.2, 0) is 0 Å². The number of para-hydroxylation sites is 1. The van der Waals surface area contributed by atoms with Crippen molar-refractivity contribution in [3.63, 3.8) is 0 Å². The first-order valence-corrected chi connectivity index (χ1v) is 7.37. The van der Waals surface area contributed by atoms with Crippen LogP contribution in [0.2, 0.25) is 0 Å². The minimum absolute atomic E-state index is 0.124. The highest BCUT2D eigenvalue weighted by Gasteiger charge is 2.19. The molecule has 2 N–H and O–H groups in total. The predicted molar refractivity (Wildman–Crippen MR) is 85.8 cm³/mol. The van der Waals surface area contributed by atoms with Crippen molar-refractivity contribution in [1.29, 1.82) is 0 Å². The summed E-state index contributed by atoms with van der Waals surface area (Å²) in [7, 11) is 1.87. The number of aliphatic hydroxyl groups is 1. The maximum Gasteiger partial charge on any atom is 0.145 e. The summed E-state index contributed by atoms with van der Waals surface area (Å²) in [5, 5.41) is 13.6. The number of aryl methyl sites for hydroxylation is 1. The van der Waals surface area contributed by atoms with Gasteiger partial charge in [0.05, 0.1) is 13.2 Å². The molecule has 0 aliphatic carbocycles. The number of aromatic nitrogens is 1. The van der Waals surface area contributed by atoms with E-state index in [1.807, 2.05) is 45.2 Å². The number of likely N-dealkylation sites (N-methyl/N-ethyl adjacent to an activating group) is 1. The van der Waals surface area contributed by atoms with Gasteiger partial charge in [-0.25, -0.2) is 4.98 Å². The summed E-state index contributed by atoms with van der Waals surface area (Å²) >= 11 is 0. The van der Waals surface area contributed by atoms with Crippen molar-refractivity contribution in [3.05, 3.63) is 36.0 Å². The first-order valence-electron chi connectivity index (χ1n) is 7.37. The molecule has 1 aromatic heterocycles. The molecule has 0 amide bonds. The van der Waals surface area contributed by atoms with E-state index in [-0.39, 0.29) is 12.1 Å². The van der Waals surface area contributed by atoms with E-state index in [1.165, 1.54) is 0 Å². The second-order valence-corrected chi connectivity index (χ2v) is 5.70. The molecular formula is C17H24N2O2. The van der Waals surface area contributed by atoms with E-state index >= 15 is 0 Å². The first-order chi connectivity index (χ1) is 10.1. The number of nitrogens with zero attached hydrogens (tertiary/aromatic N) is 1. The Bertz CT molecular complexity index is 594. The summed E-state index contributed by atoms with van der Waals surface area (Å²) in [6.07, 6.45) is 1.73. The number of nitrogens with one attached hydrogen (secondary N) is 1. The Balaban J connectivity index is 1.99. The summed E-state index contributed by atoms with van der Waals surface area (Å²) < 4.78 is 5.89. The molecule has 2 rings (SSSR count). The van der Waals surface area contributed by atoms with Crippen molar-refractivity contribution in [2.45, 2.75) is 32.2 Å². The fourth-order valence-electron chi connectivity index (χ4n) is 2.26. The molecule has 114 valence electrons. The van der Waals surface area contributed by atoms with Crippen molar-refractivity contribution >= 4 is 10.9 Å². The standard InChI is InChI=1S/C17H24N2O2/c1-13-8-9-14-6-4-7-15(16(14)19-13)21-11-5-10-17(2,12-20)18-3/h4,6-9,18,20H,5,10-12H2,1-3H3. The molecule has 21 heavy (non-hydrogen) atoms. The topological polar surface area (TPSA) is 54.4 Å². The molecule has 0 aliphatic heterocycles. The molecule has 0 saturated heterocycles. The van der Waals surface area contributed by atoms with Crippen molar-refractivity contribution in [3.8, 4) is 5.75 Å². The van der Waals surface area contributed by atoms with Crippen LogP contribution in [0.5, 0.6) is 5.75 Å². The van der Waals surface area contributed by atoms with Crippen LogP contribution in [0, 0.1) is 6.92 Å². The second kappa shape index (κ2) is 6.87. The highest BCUT2D eigenvalue weighted by Crippen LogP contribution is 2.24. The molecule has 0 spiro atoms. The predicted octanol–water partition coefficient (Wildman–Crippen LogP) is 2.67. The molecule has 1 unspecified atom stereocenters. The molecule has 0 radical (unpaired) electrons. The van der Waals surface area contributed by atoms with Crippen LogP contribution in [-0.4, -0.2) is 35.9 Å². The van der Waals surface area contributed by atoms with Gasteiger partial charge < -0.3 is 15.2 Å². The van der Waals surface area contributed by atoms with Crippen molar-refractivity contribution in [2.75, 3.05) is 20.3 Å². The number of rotatable bonds is 7. The Labute approximate surface area is 126 Å². The Morgan fingerprint density at radius 1 is 1.29 bits per heavy atom. The van der Waals surface area contributed by atoms with Crippen LogP contribution in [0.1, 0.15) is 25.5 Å². The van der Waals surface area contributed by atoms with Gasteiger partial charge in [0.2, 0.25) is 0 Å². The zero-order valence-electron chi connectivity index (χ0n) is 13.0. The molecule has 1 heterocycles. The zero-order valence-corrected chi connectivity index (χ0v) is 13.0. The molecule has 1 atom stereocenters. The van der Waals surface area contributed by atoms with Gasteiger partial charge in [0.1, 0.15) is 11.3 Å². The van der Waals surface area contributed by atoms with Gasteiger partial charge in [-0.05, 0) is 45.9 Å². The minimum atomic E-state index is -0.239. The van der Waals surface area contributed by atoms with E-state index < -0.39 is 0 Å². The van der Waals surface area contributed by atoms with E-state index in [4.69, 9.17) is 4.74 Å². The Hall–Kier alpha value is -1.65. The lowest BCUT2D eigenvalue weighted by molar-refractivity contribution is 0.163. The lowest BCUT2D eigenvalue weighted by Gasteiger charge is -2.26. The number of ether oxygens (including phenoxy) is 1. The van der Waals surface area contributed by atoms with E-state index in [9.17, 15) is 5.11 Å². The second-order valence-electron chi connectivity index (χ2n) is 5.70. The van der Waals surface area contributed by atoms with Gasteiger partial charge in [0.15, 0.2) is 0 Å². The monoisotopic (exact) mass is 288 g/mol. The maximum atomic E-state index is 9.36. The Morgan fingerprint density at radius 2 is 2.10 bits per heavy atom. The van der Waals surface area contributed by atoms with Crippen LogP contribution in [0.25, 0.3) is 10.9 Å². The van der Waals surface area contributed by atoms with E-state index in [1.54, 1.807) is 0 Å². The van der Waals surface area contributed by atoms with Gasteiger partial charge >= 0.3 is 0 Å². The molecule has 4 heteroatoms. The average molecular weight is 288 g/mol. The average Bonchev–Trinajstić information content (AvgIpc) is 2.51. The lowest BCUT2D eigenvalue weighted by atomic mass is 9.97. The van der Waals surface area contributed by atoms with Gasteiger partial charge in [-0.1, -0.05) is 18.2 Å². The van der Waals surface area contributed by atoms with Crippen molar-refractivity contribution < 1.29 is 9.84 Å². The van der Waals surface area contributed by atoms with Gasteiger partial charge in [-0.2, -0.15) is 0 Å². The summed E-state index contributed by atoms with van der Waals surface area (Å²) in [4.78, 5) is 4.56. The van der Waals surface area contributed by atoms with Crippen LogP contribution in [0.4, 0.5) is 0 Å². The summed E-state index contributed by atoms with van der Waals surface area (Å²) in [6, 6.07) is 10.1. The van der Waals surface area contributed by atoms with Gasteiger partial charge in [-0.3, -0.25) is 0 Å². The molecule has 0 fully saturated rings. The molecule has 0 aliphatic rings. The normalized spacial score (nSPS) is 14.1. The van der Waals surface area contributed by atoms with E-state index in [0.29, 0.717) is 6.61 Å². The van der Waals surface area contributed by atoms with Crippen LogP contribution < -0.4 is 10.1 Å². The lowest BCUT2D eigenvalue weighted by Crippen LogP contribution is -2.43. The zero-order chi connectivity index (χ0) is 15.3. The third-order valence-corrected chi connectivity index (χ3v) is 3.91. The van der Waals surface area contributed by atoms with Crippen molar-refractivity contribution in [1.82, 2.24) is 10.3 Å². The Kier molecular flexibility index (Phi) is 5.15. The molecular weight excluding hydrogens is 264 g/mol. The highest BCUT2D eigenvalue weighted by molar-refractivity contribution is 5.84. The summed E-state index contributed by atoms with van der Waals surface area (Å²) in [5.74, 6) is 0.825. The molecule has 1 aromatic carbocycles. The van der Waals surface area contributed by atoms with Gasteiger partial charge in [-0.15, -0.1) is 0 Å². The fourth-order valence-corrected chi connectivity index (χ4v) is 2.26. The largest absolute Gasteiger partial charge is 0.491 e.